The van der Waals surface area contributed by atoms with E-state index < -0.39 is 11.6 Å². The molecule has 1 aliphatic heterocycles. The third kappa shape index (κ3) is 4.24. The highest BCUT2D eigenvalue weighted by Gasteiger charge is 2.24. The van der Waals surface area contributed by atoms with Gasteiger partial charge in [-0.1, -0.05) is 11.3 Å². The van der Waals surface area contributed by atoms with Crippen LogP contribution >= 0.6 is 11.3 Å². The molecular formula is C24H24F2N8O3S. The van der Waals surface area contributed by atoms with Crippen LogP contribution in [0.5, 0.6) is 5.75 Å². The number of hydrogen-bond acceptors (Lipinski definition) is 10. The van der Waals surface area contributed by atoms with Crippen molar-refractivity contribution in [2.45, 2.75) is 13.5 Å². The zero-order chi connectivity index (χ0) is 26.4. The number of thiazole rings is 1. The summed E-state index contributed by atoms with van der Waals surface area (Å²) in [5, 5.41) is 4.37. The summed E-state index contributed by atoms with van der Waals surface area (Å²) in [6.07, 6.45) is 1.53. The molecule has 5 heterocycles. The van der Waals surface area contributed by atoms with Gasteiger partial charge in [-0.2, -0.15) is 9.50 Å². The summed E-state index contributed by atoms with van der Waals surface area (Å²) < 4.78 is 43.4. The molecule has 1 fully saturated rings. The van der Waals surface area contributed by atoms with Gasteiger partial charge in [-0.25, -0.2) is 13.8 Å². The number of hydrogen-bond donors (Lipinski definition) is 1. The lowest BCUT2D eigenvalue weighted by molar-refractivity contribution is 0.247. The molecule has 1 saturated heterocycles. The van der Waals surface area contributed by atoms with Crippen molar-refractivity contribution in [1.29, 1.82) is 0 Å². The summed E-state index contributed by atoms with van der Waals surface area (Å²) in [5.74, 6) is -0.168. The predicted molar refractivity (Wildman–Crippen MR) is 139 cm³/mol. The maximum atomic E-state index is 14.6. The molecule has 1 aliphatic rings. The molecule has 1 aromatic carbocycles. The molecule has 6 rings (SSSR count). The van der Waals surface area contributed by atoms with Crippen molar-refractivity contribution >= 4 is 39.0 Å². The first-order valence-electron chi connectivity index (χ1n) is 12.1. The van der Waals surface area contributed by atoms with Gasteiger partial charge in [0.15, 0.2) is 28.7 Å². The van der Waals surface area contributed by atoms with E-state index in [0.717, 1.165) is 11.3 Å². The van der Waals surface area contributed by atoms with E-state index in [0.29, 0.717) is 73.5 Å². The predicted octanol–water partition coefficient (Wildman–Crippen LogP) is 2.84. The number of aromatic nitrogens is 5. The Hall–Kier alpha value is -4.04. The van der Waals surface area contributed by atoms with Crippen LogP contribution in [-0.4, -0.2) is 68.4 Å². The fourth-order valence-corrected chi connectivity index (χ4v) is 5.60. The van der Waals surface area contributed by atoms with Gasteiger partial charge in [0, 0.05) is 51.4 Å². The van der Waals surface area contributed by atoms with Crippen LogP contribution < -0.4 is 20.2 Å². The largest absolute Gasteiger partial charge is 0.494 e. The summed E-state index contributed by atoms with van der Waals surface area (Å²) in [4.78, 5) is 25.5. The fraction of sp³-hybridized carbons (Fsp3) is 0.333. The molecule has 4 aromatic heterocycles. The van der Waals surface area contributed by atoms with Crippen LogP contribution in [0.2, 0.25) is 0 Å². The lowest BCUT2D eigenvalue weighted by Crippen LogP contribution is -2.48. The molecule has 0 atom stereocenters. The second-order valence-corrected chi connectivity index (χ2v) is 9.75. The Balaban J connectivity index is 1.18. The SMILES string of the molecule is CCOc1cc(F)c(N2CCN(CCn3c(=O)sc4c3nc(N)n3nc(-c5ccco5)nc43)CC2)c(F)c1. The molecule has 0 aliphatic carbocycles. The van der Waals surface area contributed by atoms with Gasteiger partial charge in [0.25, 0.3) is 0 Å². The topological polar surface area (TPSA) is 120 Å². The number of rotatable bonds is 7. The monoisotopic (exact) mass is 542 g/mol. The fourth-order valence-electron chi connectivity index (χ4n) is 4.67. The molecule has 14 heteroatoms. The third-order valence-corrected chi connectivity index (χ3v) is 7.45. The number of halogens is 2. The third-order valence-electron chi connectivity index (χ3n) is 6.49. The summed E-state index contributed by atoms with van der Waals surface area (Å²) in [7, 11) is 0. The van der Waals surface area contributed by atoms with E-state index in [2.05, 4.69) is 20.0 Å². The second-order valence-electron chi connectivity index (χ2n) is 8.79. The number of nitrogens with two attached hydrogens (primary N) is 1. The van der Waals surface area contributed by atoms with Gasteiger partial charge < -0.3 is 19.8 Å². The zero-order valence-electron chi connectivity index (χ0n) is 20.4. The van der Waals surface area contributed by atoms with Crippen molar-refractivity contribution in [3.63, 3.8) is 0 Å². The number of nitrogens with zero attached hydrogens (tertiary/aromatic N) is 7. The van der Waals surface area contributed by atoms with Gasteiger partial charge in [-0.3, -0.25) is 14.3 Å². The van der Waals surface area contributed by atoms with Crippen molar-refractivity contribution in [2.75, 3.05) is 50.0 Å². The van der Waals surface area contributed by atoms with Gasteiger partial charge in [0.1, 0.15) is 16.1 Å². The van der Waals surface area contributed by atoms with Crippen molar-refractivity contribution in [1.82, 2.24) is 29.0 Å². The van der Waals surface area contributed by atoms with Crippen molar-refractivity contribution in [3.8, 4) is 17.3 Å². The number of furan rings is 1. The average Bonchev–Trinajstić information content (AvgIpc) is 3.63. The molecule has 2 N–H and O–H groups in total. The molecule has 0 unspecified atom stereocenters. The maximum Gasteiger partial charge on any atom is 0.309 e. The van der Waals surface area contributed by atoms with Gasteiger partial charge >= 0.3 is 4.87 Å². The van der Waals surface area contributed by atoms with E-state index in [9.17, 15) is 13.6 Å². The molecule has 0 amide bonds. The number of ether oxygens (including phenoxy) is 1. The quantitative estimate of drug-likeness (QED) is 0.331. The summed E-state index contributed by atoms with van der Waals surface area (Å²) >= 11 is 1.03. The van der Waals surface area contributed by atoms with E-state index in [-0.39, 0.29) is 22.3 Å². The molecule has 5 aromatic rings. The van der Waals surface area contributed by atoms with Crippen LogP contribution in [-0.2, 0) is 6.54 Å². The van der Waals surface area contributed by atoms with Crippen molar-refractivity contribution in [3.05, 3.63) is 51.8 Å². The van der Waals surface area contributed by atoms with Crippen LogP contribution in [0.25, 0.3) is 27.6 Å². The Labute approximate surface area is 218 Å². The number of fused-ring (bicyclic) bond motifs is 3. The Morgan fingerprint density at radius 1 is 1.11 bits per heavy atom. The highest BCUT2D eigenvalue weighted by molar-refractivity contribution is 7.17. The molecule has 198 valence electrons. The zero-order valence-corrected chi connectivity index (χ0v) is 21.2. The van der Waals surface area contributed by atoms with Crippen LogP contribution in [0.4, 0.5) is 20.4 Å². The molecular weight excluding hydrogens is 518 g/mol. The van der Waals surface area contributed by atoms with Crippen LogP contribution in [0.3, 0.4) is 0 Å². The molecule has 0 spiro atoms. The van der Waals surface area contributed by atoms with Gasteiger partial charge in [-0.15, -0.1) is 5.10 Å². The molecule has 0 saturated carbocycles. The highest BCUT2D eigenvalue weighted by Crippen LogP contribution is 2.29. The first kappa shape index (κ1) is 24.3. The van der Waals surface area contributed by atoms with E-state index in [4.69, 9.17) is 14.9 Å². The van der Waals surface area contributed by atoms with Crippen molar-refractivity contribution in [2.24, 2.45) is 0 Å². The number of nitrogen functional groups attached to an aromatic ring is 1. The highest BCUT2D eigenvalue weighted by atomic mass is 32.1. The van der Waals surface area contributed by atoms with E-state index in [1.54, 1.807) is 28.5 Å². The number of benzene rings is 1. The minimum Gasteiger partial charge on any atom is -0.494 e. The van der Waals surface area contributed by atoms with E-state index in [1.165, 1.54) is 22.9 Å². The van der Waals surface area contributed by atoms with E-state index >= 15 is 0 Å². The minimum atomic E-state index is -0.642. The van der Waals surface area contributed by atoms with Crippen LogP contribution in [0.1, 0.15) is 6.92 Å². The number of piperazine rings is 1. The smallest absolute Gasteiger partial charge is 0.309 e. The number of anilines is 2. The second kappa shape index (κ2) is 9.68. The molecule has 11 nitrogen and oxygen atoms in total. The molecule has 0 radical (unpaired) electrons. The first-order chi connectivity index (χ1) is 18.4. The molecule has 38 heavy (non-hydrogen) atoms. The van der Waals surface area contributed by atoms with Crippen LogP contribution in [0.15, 0.2) is 39.7 Å². The Kier molecular flexibility index (Phi) is 6.19. The molecule has 0 bridgehead atoms. The van der Waals surface area contributed by atoms with Crippen LogP contribution in [0, 0.1) is 11.6 Å². The van der Waals surface area contributed by atoms with Gasteiger partial charge in [0.2, 0.25) is 11.8 Å². The lowest BCUT2D eigenvalue weighted by atomic mass is 10.2. The van der Waals surface area contributed by atoms with Crippen molar-refractivity contribution < 1.29 is 17.9 Å². The first-order valence-corrected chi connectivity index (χ1v) is 12.9. The normalized spacial score (nSPS) is 14.7. The maximum absolute atomic E-state index is 14.6. The standard InChI is InChI=1S/C24H24F2N8O3S/c1-2-36-14-12-15(25)18(16(26)13-14)32-8-5-31(6-9-32)7-10-33-21-19(38-24(33)35)22-28-20(17-4-3-11-37-17)30-34(22)23(27)29-21/h3-4,11-13H,2,5-10H2,1H3,(H2,27,29). The summed E-state index contributed by atoms with van der Waals surface area (Å²) in [6, 6.07) is 5.90. The Morgan fingerprint density at radius 2 is 1.87 bits per heavy atom. The minimum absolute atomic E-state index is 0.0425. The average molecular weight is 543 g/mol. The summed E-state index contributed by atoms with van der Waals surface area (Å²) in [5.41, 5.74) is 6.99. The van der Waals surface area contributed by atoms with Gasteiger partial charge in [-0.05, 0) is 19.1 Å². The van der Waals surface area contributed by atoms with Gasteiger partial charge in [0.05, 0.1) is 12.9 Å². The summed E-state index contributed by atoms with van der Waals surface area (Å²) in [6.45, 7) is 5.09. The lowest BCUT2D eigenvalue weighted by Gasteiger charge is -2.36. The van der Waals surface area contributed by atoms with E-state index in [1.807, 2.05) is 0 Å². The Bertz CT molecular complexity index is 1650. The Morgan fingerprint density at radius 3 is 2.55 bits per heavy atom.